The molecule has 0 aliphatic carbocycles. The van der Waals surface area contributed by atoms with Crippen LogP contribution in [0, 0.1) is 13.8 Å². The van der Waals surface area contributed by atoms with E-state index in [2.05, 4.69) is 46.3 Å². The number of benzene rings is 1. The number of rotatable bonds is 5. The molecule has 2 heterocycles. The Morgan fingerprint density at radius 2 is 1.92 bits per heavy atom. The van der Waals surface area contributed by atoms with Gasteiger partial charge in [-0.1, -0.05) is 12.1 Å². The van der Waals surface area contributed by atoms with E-state index in [0.29, 0.717) is 6.54 Å². The number of aryl methyl sites for hydroxylation is 1. The summed E-state index contributed by atoms with van der Waals surface area (Å²) >= 11 is 0. The summed E-state index contributed by atoms with van der Waals surface area (Å²) in [5, 5.41) is 4.23. The van der Waals surface area contributed by atoms with Crippen molar-refractivity contribution in [3.63, 3.8) is 0 Å². The molecule has 0 saturated heterocycles. The molecule has 0 bridgehead atoms. The first kappa shape index (κ1) is 16.2. The Labute approximate surface area is 141 Å². The molecule has 1 N–H and O–H groups in total. The molecule has 3 rings (SSSR count). The van der Waals surface area contributed by atoms with Gasteiger partial charge in [0.15, 0.2) is 5.43 Å². The molecule has 0 atom stereocenters. The Morgan fingerprint density at radius 3 is 2.58 bits per heavy atom. The fraction of sp³-hybridized carbons (Fsp3) is 0.263. The van der Waals surface area contributed by atoms with Gasteiger partial charge in [0.2, 0.25) is 0 Å². The highest BCUT2D eigenvalue weighted by molar-refractivity contribution is 5.33. The summed E-state index contributed by atoms with van der Waals surface area (Å²) in [5.74, 6) is 0. The van der Waals surface area contributed by atoms with Crippen LogP contribution >= 0.6 is 0 Å². The summed E-state index contributed by atoms with van der Waals surface area (Å²) in [4.78, 5) is 17.5. The molecule has 0 spiro atoms. The zero-order chi connectivity index (χ0) is 17.1. The topological polar surface area (TPSA) is 53.9 Å². The quantitative estimate of drug-likeness (QED) is 0.786. The third-order valence-electron chi connectivity index (χ3n) is 4.20. The lowest BCUT2D eigenvalue weighted by molar-refractivity contribution is 0.314. The van der Waals surface area contributed by atoms with Gasteiger partial charge in [0, 0.05) is 48.5 Å². The van der Waals surface area contributed by atoms with Gasteiger partial charge in [-0.3, -0.25) is 9.69 Å². The van der Waals surface area contributed by atoms with Crippen molar-refractivity contribution in [1.29, 1.82) is 0 Å². The molecular formula is C19H22N4O. The summed E-state index contributed by atoms with van der Waals surface area (Å²) in [5.41, 5.74) is 4.93. The number of hydrogen-bond donors (Lipinski definition) is 1. The molecule has 0 amide bonds. The normalized spacial score (nSPS) is 11.2. The van der Waals surface area contributed by atoms with Crippen molar-refractivity contribution in [3.05, 3.63) is 81.5 Å². The van der Waals surface area contributed by atoms with Gasteiger partial charge in [-0.2, -0.15) is 5.10 Å². The van der Waals surface area contributed by atoms with E-state index >= 15 is 0 Å². The molecule has 24 heavy (non-hydrogen) atoms. The van der Waals surface area contributed by atoms with Crippen LogP contribution in [0.2, 0.25) is 0 Å². The Balaban J connectivity index is 1.68. The highest BCUT2D eigenvalue weighted by Crippen LogP contribution is 2.12. The first-order chi connectivity index (χ1) is 11.5. The van der Waals surface area contributed by atoms with Crippen molar-refractivity contribution >= 4 is 0 Å². The minimum absolute atomic E-state index is 0.126. The van der Waals surface area contributed by atoms with Gasteiger partial charge in [0.05, 0.1) is 5.69 Å². The molecule has 0 aliphatic heterocycles. The van der Waals surface area contributed by atoms with Crippen LogP contribution in [-0.2, 0) is 13.1 Å². The van der Waals surface area contributed by atoms with Gasteiger partial charge >= 0.3 is 0 Å². The summed E-state index contributed by atoms with van der Waals surface area (Å²) in [6.45, 7) is 5.24. The van der Waals surface area contributed by atoms with Crippen molar-refractivity contribution in [2.75, 3.05) is 7.05 Å². The minimum Gasteiger partial charge on any atom is -0.363 e. The molecule has 0 saturated carbocycles. The zero-order valence-corrected chi connectivity index (χ0v) is 14.3. The van der Waals surface area contributed by atoms with Gasteiger partial charge in [-0.05, 0) is 44.7 Å². The number of pyridine rings is 1. The summed E-state index contributed by atoms with van der Waals surface area (Å²) in [6.07, 6.45) is 5.49. The highest BCUT2D eigenvalue weighted by atomic mass is 16.1. The van der Waals surface area contributed by atoms with Crippen LogP contribution in [0.1, 0.15) is 22.4 Å². The average molecular weight is 322 g/mol. The lowest BCUT2D eigenvalue weighted by Gasteiger charge is -2.18. The van der Waals surface area contributed by atoms with Crippen LogP contribution in [0.4, 0.5) is 0 Å². The van der Waals surface area contributed by atoms with Crippen molar-refractivity contribution in [2.45, 2.75) is 26.9 Å². The van der Waals surface area contributed by atoms with E-state index in [1.54, 1.807) is 12.4 Å². The molecule has 0 radical (unpaired) electrons. The van der Waals surface area contributed by atoms with Crippen LogP contribution in [-0.4, -0.2) is 26.7 Å². The van der Waals surface area contributed by atoms with E-state index in [1.165, 1.54) is 5.56 Å². The van der Waals surface area contributed by atoms with Crippen LogP contribution in [0.15, 0.2) is 53.7 Å². The summed E-state index contributed by atoms with van der Waals surface area (Å²) < 4.78 is 1.84. The highest BCUT2D eigenvalue weighted by Gasteiger charge is 2.08. The van der Waals surface area contributed by atoms with Crippen LogP contribution in [0.25, 0.3) is 5.69 Å². The number of aromatic amines is 1. The molecule has 3 aromatic rings. The lowest BCUT2D eigenvalue weighted by Crippen LogP contribution is -2.22. The van der Waals surface area contributed by atoms with Gasteiger partial charge in [0.25, 0.3) is 0 Å². The van der Waals surface area contributed by atoms with E-state index < -0.39 is 0 Å². The van der Waals surface area contributed by atoms with E-state index in [9.17, 15) is 4.79 Å². The Kier molecular flexibility index (Phi) is 4.62. The lowest BCUT2D eigenvalue weighted by atomic mass is 10.1. The molecule has 1 aromatic carbocycles. The molecule has 0 unspecified atom stereocenters. The van der Waals surface area contributed by atoms with Crippen molar-refractivity contribution in [3.8, 4) is 5.69 Å². The second-order valence-corrected chi connectivity index (χ2v) is 6.19. The predicted octanol–water partition coefficient (Wildman–Crippen LogP) is 2.81. The maximum atomic E-state index is 12.0. The van der Waals surface area contributed by atoms with Gasteiger partial charge in [-0.15, -0.1) is 0 Å². The second-order valence-electron chi connectivity index (χ2n) is 6.19. The Morgan fingerprint density at radius 1 is 1.17 bits per heavy atom. The Bertz CT molecular complexity index is 863. The predicted molar refractivity (Wildman–Crippen MR) is 95.3 cm³/mol. The number of nitrogens with zero attached hydrogens (tertiary/aromatic N) is 3. The van der Waals surface area contributed by atoms with Crippen molar-refractivity contribution in [2.24, 2.45) is 0 Å². The third kappa shape index (κ3) is 3.46. The Hall–Kier alpha value is -2.66. The van der Waals surface area contributed by atoms with E-state index in [4.69, 9.17) is 0 Å². The SMILES string of the molecule is Cc1c[nH]c(CN(C)Cc2ccc(-n3cccn3)cc2)c(C)c1=O. The molecule has 5 heteroatoms. The standard InChI is InChI=1S/C19H22N4O/c1-14-11-20-18(15(2)19(14)24)13-22(3)12-16-5-7-17(8-6-16)23-10-4-9-21-23/h4-11H,12-13H2,1-3H3,(H,20,24). The minimum atomic E-state index is 0.126. The monoisotopic (exact) mass is 322 g/mol. The number of H-pyrrole nitrogens is 1. The summed E-state index contributed by atoms with van der Waals surface area (Å²) in [7, 11) is 2.05. The molecule has 0 fully saturated rings. The number of aromatic nitrogens is 3. The van der Waals surface area contributed by atoms with Crippen LogP contribution in [0.3, 0.4) is 0 Å². The van der Waals surface area contributed by atoms with E-state index in [1.807, 2.05) is 30.8 Å². The zero-order valence-electron chi connectivity index (χ0n) is 14.3. The van der Waals surface area contributed by atoms with E-state index in [-0.39, 0.29) is 5.43 Å². The average Bonchev–Trinajstić information content (AvgIpc) is 3.11. The van der Waals surface area contributed by atoms with Crippen molar-refractivity contribution in [1.82, 2.24) is 19.7 Å². The third-order valence-corrected chi connectivity index (χ3v) is 4.20. The second kappa shape index (κ2) is 6.84. The molecule has 2 aromatic heterocycles. The van der Waals surface area contributed by atoms with E-state index in [0.717, 1.165) is 29.1 Å². The first-order valence-electron chi connectivity index (χ1n) is 8.00. The van der Waals surface area contributed by atoms with Gasteiger partial charge in [-0.25, -0.2) is 4.68 Å². The van der Waals surface area contributed by atoms with Gasteiger partial charge < -0.3 is 4.98 Å². The van der Waals surface area contributed by atoms with Crippen LogP contribution < -0.4 is 5.43 Å². The summed E-state index contributed by atoms with van der Waals surface area (Å²) in [6, 6.07) is 10.3. The molecule has 0 aliphatic rings. The molecule has 124 valence electrons. The fourth-order valence-corrected chi connectivity index (χ4v) is 2.78. The number of nitrogens with one attached hydrogen (secondary N) is 1. The first-order valence-corrected chi connectivity index (χ1v) is 8.00. The molecular weight excluding hydrogens is 300 g/mol. The van der Waals surface area contributed by atoms with Gasteiger partial charge in [0.1, 0.15) is 0 Å². The number of hydrogen-bond acceptors (Lipinski definition) is 3. The van der Waals surface area contributed by atoms with Crippen LogP contribution in [0.5, 0.6) is 0 Å². The largest absolute Gasteiger partial charge is 0.363 e. The fourth-order valence-electron chi connectivity index (χ4n) is 2.78. The maximum absolute atomic E-state index is 12.0. The maximum Gasteiger partial charge on any atom is 0.187 e. The van der Waals surface area contributed by atoms with Crippen molar-refractivity contribution < 1.29 is 0 Å². The smallest absolute Gasteiger partial charge is 0.187 e. The molecule has 5 nitrogen and oxygen atoms in total.